The first-order valence-electron chi connectivity index (χ1n) is 9.34. The highest BCUT2D eigenvalue weighted by Crippen LogP contribution is 2.19. The van der Waals surface area contributed by atoms with E-state index < -0.39 is 0 Å². The van der Waals surface area contributed by atoms with Crippen LogP contribution in [0.2, 0.25) is 0 Å². The molecule has 2 amide bonds. The molecule has 1 saturated heterocycles. The van der Waals surface area contributed by atoms with Gasteiger partial charge < -0.3 is 20.7 Å². The van der Waals surface area contributed by atoms with Crippen molar-refractivity contribution in [3.05, 3.63) is 60.4 Å². The van der Waals surface area contributed by atoms with Gasteiger partial charge in [-0.2, -0.15) is 0 Å². The Balaban J connectivity index is 1.42. The molecule has 3 rings (SSSR count). The van der Waals surface area contributed by atoms with Crippen LogP contribution in [0, 0.1) is 17.7 Å². The van der Waals surface area contributed by atoms with Gasteiger partial charge in [0.25, 0.3) is 0 Å². The van der Waals surface area contributed by atoms with E-state index in [0.29, 0.717) is 38.3 Å². The molecule has 0 aliphatic carbocycles. The van der Waals surface area contributed by atoms with Gasteiger partial charge in [0, 0.05) is 18.8 Å². The van der Waals surface area contributed by atoms with E-state index in [-0.39, 0.29) is 29.5 Å². The van der Waals surface area contributed by atoms with E-state index in [1.54, 1.807) is 0 Å². The van der Waals surface area contributed by atoms with Gasteiger partial charge in [-0.15, -0.1) is 0 Å². The summed E-state index contributed by atoms with van der Waals surface area (Å²) in [5.41, 5.74) is 0.538. The second-order valence-electron chi connectivity index (χ2n) is 6.74. The van der Waals surface area contributed by atoms with Crippen LogP contribution in [0.5, 0.6) is 5.75 Å². The van der Waals surface area contributed by atoms with Crippen LogP contribution < -0.4 is 20.7 Å². The predicted molar refractivity (Wildman–Crippen MR) is 104 cm³/mol. The first-order valence-corrected chi connectivity index (χ1v) is 9.34. The van der Waals surface area contributed by atoms with Crippen molar-refractivity contribution < 1.29 is 18.7 Å². The fourth-order valence-electron chi connectivity index (χ4n) is 3.12. The summed E-state index contributed by atoms with van der Waals surface area (Å²) in [6, 6.07) is 15.0. The minimum Gasteiger partial charge on any atom is -0.492 e. The van der Waals surface area contributed by atoms with Crippen LogP contribution >= 0.6 is 0 Å². The number of ether oxygens (including phenoxy) is 1. The molecule has 2 aromatic carbocycles. The fourth-order valence-corrected chi connectivity index (χ4v) is 3.12. The van der Waals surface area contributed by atoms with E-state index in [0.717, 1.165) is 5.75 Å². The van der Waals surface area contributed by atoms with Crippen LogP contribution in [0.3, 0.4) is 0 Å². The number of nitrogens with one attached hydrogen (secondary N) is 3. The second kappa shape index (κ2) is 9.85. The average Bonchev–Trinajstić information content (AvgIpc) is 2.73. The predicted octanol–water partition coefficient (Wildman–Crippen LogP) is 2.19. The van der Waals surface area contributed by atoms with E-state index in [2.05, 4.69) is 16.0 Å². The van der Waals surface area contributed by atoms with E-state index >= 15 is 0 Å². The molecule has 7 heteroatoms. The molecule has 2 aromatic rings. The second-order valence-corrected chi connectivity index (χ2v) is 6.74. The highest BCUT2D eigenvalue weighted by molar-refractivity contribution is 5.93. The van der Waals surface area contributed by atoms with Crippen molar-refractivity contribution in [2.24, 2.45) is 11.8 Å². The number of hydrogen-bond acceptors (Lipinski definition) is 4. The van der Waals surface area contributed by atoms with Crippen LogP contribution in [0.25, 0.3) is 0 Å². The maximum Gasteiger partial charge on any atom is 0.228 e. The SMILES string of the molecule is O=C(NCCOc1ccccc1)[C@@H]1CNC[C@H](C(=O)Nc2ccc(F)cc2)C1. The van der Waals surface area contributed by atoms with Crippen LogP contribution in [0.4, 0.5) is 10.1 Å². The molecule has 2 atom stereocenters. The lowest BCUT2D eigenvalue weighted by Crippen LogP contribution is -2.47. The van der Waals surface area contributed by atoms with Crippen LogP contribution in [0.1, 0.15) is 6.42 Å². The third-order valence-electron chi connectivity index (χ3n) is 4.62. The number of anilines is 1. The van der Waals surface area contributed by atoms with Crippen molar-refractivity contribution in [3.8, 4) is 5.75 Å². The zero-order valence-corrected chi connectivity index (χ0v) is 15.5. The number of rotatable bonds is 7. The monoisotopic (exact) mass is 385 g/mol. The molecule has 0 spiro atoms. The Morgan fingerprint density at radius 3 is 2.39 bits per heavy atom. The Kier molecular flexibility index (Phi) is 6.97. The van der Waals surface area contributed by atoms with Crippen molar-refractivity contribution in [2.75, 3.05) is 31.6 Å². The molecule has 3 N–H and O–H groups in total. The van der Waals surface area contributed by atoms with Gasteiger partial charge >= 0.3 is 0 Å². The molecule has 28 heavy (non-hydrogen) atoms. The van der Waals surface area contributed by atoms with Gasteiger partial charge in [-0.3, -0.25) is 9.59 Å². The molecule has 0 aromatic heterocycles. The highest BCUT2D eigenvalue weighted by Gasteiger charge is 2.31. The molecule has 0 unspecified atom stereocenters. The standard InChI is InChI=1S/C21H24FN3O3/c22-17-6-8-18(9-7-17)25-21(27)16-12-15(13-23-14-16)20(26)24-10-11-28-19-4-2-1-3-5-19/h1-9,15-16,23H,10-14H2,(H,24,26)(H,25,27)/t15-,16+/m0/s1. The number of amides is 2. The number of para-hydroxylation sites is 1. The zero-order chi connectivity index (χ0) is 19.8. The third kappa shape index (κ3) is 5.79. The first kappa shape index (κ1) is 19.8. The Labute approximate surface area is 163 Å². The maximum absolute atomic E-state index is 13.0. The molecule has 1 aliphatic rings. The Bertz CT molecular complexity index is 783. The Hall–Kier alpha value is -2.93. The van der Waals surface area contributed by atoms with Crippen molar-refractivity contribution >= 4 is 17.5 Å². The summed E-state index contributed by atoms with van der Waals surface area (Å²) in [6.07, 6.45) is 0.464. The van der Waals surface area contributed by atoms with Crippen molar-refractivity contribution in [3.63, 3.8) is 0 Å². The molecule has 1 fully saturated rings. The van der Waals surface area contributed by atoms with Gasteiger partial charge in [-0.05, 0) is 42.8 Å². The first-order chi connectivity index (χ1) is 13.6. The minimum atomic E-state index is -0.356. The minimum absolute atomic E-state index is 0.0940. The number of carbonyl (C=O) groups is 2. The lowest BCUT2D eigenvalue weighted by Gasteiger charge is -2.28. The summed E-state index contributed by atoms with van der Waals surface area (Å²) in [6.45, 7) is 1.82. The van der Waals surface area contributed by atoms with Gasteiger partial charge in [0.2, 0.25) is 11.8 Å². The third-order valence-corrected chi connectivity index (χ3v) is 4.62. The number of piperidine rings is 1. The smallest absolute Gasteiger partial charge is 0.228 e. The summed E-state index contributed by atoms with van der Waals surface area (Å²) in [4.78, 5) is 24.8. The summed E-state index contributed by atoms with van der Waals surface area (Å²) >= 11 is 0. The summed E-state index contributed by atoms with van der Waals surface area (Å²) in [5, 5.41) is 8.78. The molecule has 6 nitrogen and oxygen atoms in total. The van der Waals surface area contributed by atoms with Crippen molar-refractivity contribution in [2.45, 2.75) is 6.42 Å². The van der Waals surface area contributed by atoms with E-state index in [1.807, 2.05) is 30.3 Å². The maximum atomic E-state index is 13.0. The molecule has 0 bridgehead atoms. The van der Waals surface area contributed by atoms with E-state index in [1.165, 1.54) is 24.3 Å². The fraction of sp³-hybridized carbons (Fsp3) is 0.333. The lowest BCUT2D eigenvalue weighted by atomic mass is 9.89. The van der Waals surface area contributed by atoms with E-state index in [9.17, 15) is 14.0 Å². The molecule has 1 aliphatic heterocycles. The largest absolute Gasteiger partial charge is 0.492 e. The highest BCUT2D eigenvalue weighted by atomic mass is 19.1. The lowest BCUT2D eigenvalue weighted by molar-refractivity contribution is -0.127. The molecule has 148 valence electrons. The summed E-state index contributed by atoms with van der Waals surface area (Å²) in [5.74, 6) is -0.476. The van der Waals surface area contributed by atoms with Crippen LogP contribution in [-0.2, 0) is 9.59 Å². The van der Waals surface area contributed by atoms with E-state index in [4.69, 9.17) is 4.74 Å². The van der Waals surface area contributed by atoms with Gasteiger partial charge in [0.1, 0.15) is 18.2 Å². The number of carbonyl (C=O) groups excluding carboxylic acids is 2. The van der Waals surface area contributed by atoms with Crippen molar-refractivity contribution in [1.29, 1.82) is 0 Å². The number of halogens is 1. The number of benzene rings is 2. The van der Waals surface area contributed by atoms with Gasteiger partial charge in [-0.25, -0.2) is 4.39 Å². The molecular formula is C21H24FN3O3. The molecular weight excluding hydrogens is 361 g/mol. The average molecular weight is 385 g/mol. The molecule has 0 saturated carbocycles. The summed E-state index contributed by atoms with van der Waals surface area (Å²) in [7, 11) is 0. The zero-order valence-electron chi connectivity index (χ0n) is 15.5. The normalized spacial score (nSPS) is 18.9. The van der Waals surface area contributed by atoms with Crippen LogP contribution in [0.15, 0.2) is 54.6 Å². The summed E-state index contributed by atoms with van der Waals surface area (Å²) < 4.78 is 18.5. The Morgan fingerprint density at radius 1 is 1.00 bits per heavy atom. The van der Waals surface area contributed by atoms with Crippen LogP contribution in [-0.4, -0.2) is 38.1 Å². The van der Waals surface area contributed by atoms with Gasteiger partial charge in [-0.1, -0.05) is 18.2 Å². The van der Waals surface area contributed by atoms with Crippen molar-refractivity contribution in [1.82, 2.24) is 10.6 Å². The topological polar surface area (TPSA) is 79.5 Å². The quantitative estimate of drug-likeness (QED) is 0.639. The Morgan fingerprint density at radius 2 is 1.68 bits per heavy atom. The van der Waals surface area contributed by atoms with Gasteiger partial charge in [0.15, 0.2) is 0 Å². The number of hydrogen-bond donors (Lipinski definition) is 3. The molecule has 1 heterocycles. The van der Waals surface area contributed by atoms with Gasteiger partial charge in [0.05, 0.1) is 18.4 Å². The molecule has 0 radical (unpaired) electrons.